The molecule has 0 bridgehead atoms. The van der Waals surface area contributed by atoms with E-state index in [1.165, 1.54) is 23.5 Å². The van der Waals surface area contributed by atoms with Gasteiger partial charge in [-0.05, 0) is 29.1 Å². The van der Waals surface area contributed by atoms with Crippen molar-refractivity contribution < 1.29 is 14.0 Å². The summed E-state index contributed by atoms with van der Waals surface area (Å²) in [6.07, 6.45) is 0.335. The Morgan fingerprint density at radius 1 is 1.15 bits per heavy atom. The summed E-state index contributed by atoms with van der Waals surface area (Å²) in [5, 5.41) is 4.50. The summed E-state index contributed by atoms with van der Waals surface area (Å²) < 4.78 is 12.9. The van der Waals surface area contributed by atoms with Crippen LogP contribution in [0.25, 0.3) is 0 Å². The average molecular weight is 291 g/mol. The first-order valence-electron chi connectivity index (χ1n) is 6.23. The molecule has 0 radical (unpaired) electrons. The second-order valence-electron chi connectivity index (χ2n) is 4.31. The van der Waals surface area contributed by atoms with E-state index in [4.69, 9.17) is 0 Å². The molecule has 104 valence electrons. The standard InChI is InChI=1S/C15H14FNO2S/c16-12-4-1-3-11(9-12)10-17-15(19)7-6-13(18)14-5-2-8-20-14/h1-5,8-9H,6-7,10H2,(H,17,19). The van der Waals surface area contributed by atoms with Gasteiger partial charge in [-0.2, -0.15) is 0 Å². The fourth-order valence-electron chi connectivity index (χ4n) is 1.72. The minimum absolute atomic E-state index is 0.0269. The predicted molar refractivity (Wildman–Crippen MR) is 76.1 cm³/mol. The quantitative estimate of drug-likeness (QED) is 0.831. The molecular weight excluding hydrogens is 277 g/mol. The second-order valence-corrected chi connectivity index (χ2v) is 5.25. The zero-order valence-corrected chi connectivity index (χ0v) is 11.6. The van der Waals surface area contributed by atoms with Crippen molar-refractivity contribution in [2.24, 2.45) is 0 Å². The molecule has 2 aromatic rings. The second kappa shape index (κ2) is 6.96. The molecule has 1 heterocycles. The zero-order valence-electron chi connectivity index (χ0n) is 10.8. The van der Waals surface area contributed by atoms with Gasteiger partial charge in [-0.15, -0.1) is 11.3 Å². The molecule has 0 aliphatic rings. The molecule has 0 atom stereocenters. The molecule has 20 heavy (non-hydrogen) atoms. The van der Waals surface area contributed by atoms with E-state index in [0.717, 1.165) is 0 Å². The van der Waals surface area contributed by atoms with E-state index in [9.17, 15) is 14.0 Å². The van der Waals surface area contributed by atoms with Gasteiger partial charge in [-0.3, -0.25) is 9.59 Å². The van der Waals surface area contributed by atoms with Crippen LogP contribution in [-0.4, -0.2) is 11.7 Å². The Hall–Kier alpha value is -2.01. The number of amides is 1. The van der Waals surface area contributed by atoms with Crippen molar-refractivity contribution in [3.05, 3.63) is 58.0 Å². The monoisotopic (exact) mass is 291 g/mol. The van der Waals surface area contributed by atoms with Gasteiger partial charge in [0, 0.05) is 19.4 Å². The highest BCUT2D eigenvalue weighted by molar-refractivity contribution is 7.12. The van der Waals surface area contributed by atoms with Crippen molar-refractivity contribution in [3.8, 4) is 0 Å². The van der Waals surface area contributed by atoms with Crippen molar-refractivity contribution in [3.63, 3.8) is 0 Å². The Labute approximate surface area is 120 Å². The highest BCUT2D eigenvalue weighted by atomic mass is 32.1. The maximum Gasteiger partial charge on any atom is 0.220 e. The molecule has 1 amide bonds. The number of carbonyl (C=O) groups excluding carboxylic acids is 2. The predicted octanol–water partition coefficient (Wildman–Crippen LogP) is 3.17. The van der Waals surface area contributed by atoms with Gasteiger partial charge < -0.3 is 5.32 Å². The number of carbonyl (C=O) groups is 2. The summed E-state index contributed by atoms with van der Waals surface area (Å²) in [5.41, 5.74) is 0.697. The van der Waals surface area contributed by atoms with Crippen LogP contribution in [0.3, 0.4) is 0 Å². The van der Waals surface area contributed by atoms with E-state index in [1.807, 2.05) is 11.4 Å². The molecule has 0 fully saturated rings. The number of hydrogen-bond donors (Lipinski definition) is 1. The molecule has 0 spiro atoms. The minimum atomic E-state index is -0.329. The number of thiophene rings is 1. The van der Waals surface area contributed by atoms with Crippen LogP contribution in [0.4, 0.5) is 4.39 Å². The van der Waals surface area contributed by atoms with Crippen LogP contribution in [0.15, 0.2) is 41.8 Å². The summed E-state index contributed by atoms with van der Waals surface area (Å²) in [4.78, 5) is 24.0. The Morgan fingerprint density at radius 3 is 2.70 bits per heavy atom. The summed E-state index contributed by atoms with van der Waals surface area (Å²) >= 11 is 1.37. The topological polar surface area (TPSA) is 46.2 Å². The van der Waals surface area contributed by atoms with Crippen LogP contribution >= 0.6 is 11.3 Å². The molecule has 0 saturated carbocycles. The Balaban J connectivity index is 1.74. The molecule has 1 N–H and O–H groups in total. The summed E-state index contributed by atoms with van der Waals surface area (Å²) in [5.74, 6) is -0.565. The Kier molecular flexibility index (Phi) is 5.01. The van der Waals surface area contributed by atoms with Crippen molar-refractivity contribution in [1.29, 1.82) is 0 Å². The Bertz CT molecular complexity index is 596. The largest absolute Gasteiger partial charge is 0.352 e. The van der Waals surface area contributed by atoms with Crippen molar-refractivity contribution in [2.45, 2.75) is 19.4 Å². The van der Waals surface area contributed by atoms with Crippen LogP contribution in [-0.2, 0) is 11.3 Å². The van der Waals surface area contributed by atoms with Crippen LogP contribution in [0.2, 0.25) is 0 Å². The molecule has 0 unspecified atom stereocenters. The number of benzene rings is 1. The SMILES string of the molecule is O=C(CCC(=O)c1cccs1)NCc1cccc(F)c1. The smallest absolute Gasteiger partial charge is 0.220 e. The van der Waals surface area contributed by atoms with E-state index in [1.54, 1.807) is 18.2 Å². The van der Waals surface area contributed by atoms with Crippen molar-refractivity contribution in [1.82, 2.24) is 5.32 Å². The third-order valence-corrected chi connectivity index (χ3v) is 3.66. The zero-order chi connectivity index (χ0) is 14.4. The van der Waals surface area contributed by atoms with Crippen molar-refractivity contribution in [2.75, 3.05) is 0 Å². The fraction of sp³-hybridized carbons (Fsp3) is 0.200. The molecule has 1 aromatic carbocycles. The highest BCUT2D eigenvalue weighted by Gasteiger charge is 2.09. The van der Waals surface area contributed by atoms with E-state index >= 15 is 0 Å². The maximum atomic E-state index is 12.9. The number of ketones is 1. The van der Waals surface area contributed by atoms with Gasteiger partial charge >= 0.3 is 0 Å². The molecule has 0 aliphatic carbocycles. The average Bonchev–Trinajstić information content (AvgIpc) is 2.97. The summed E-state index contributed by atoms with van der Waals surface area (Å²) in [7, 11) is 0. The first-order valence-corrected chi connectivity index (χ1v) is 7.11. The third-order valence-electron chi connectivity index (χ3n) is 2.75. The molecule has 5 heteroatoms. The Morgan fingerprint density at radius 2 is 2.00 bits per heavy atom. The third kappa shape index (κ3) is 4.28. The van der Waals surface area contributed by atoms with Gasteiger partial charge in [-0.1, -0.05) is 18.2 Å². The molecule has 2 rings (SSSR count). The minimum Gasteiger partial charge on any atom is -0.352 e. The van der Waals surface area contributed by atoms with Gasteiger partial charge in [0.05, 0.1) is 4.88 Å². The van der Waals surface area contributed by atoms with Crippen LogP contribution < -0.4 is 5.32 Å². The highest BCUT2D eigenvalue weighted by Crippen LogP contribution is 2.12. The molecule has 0 aliphatic heterocycles. The number of rotatable bonds is 6. The number of Topliss-reactive ketones (excluding diaryl/α,β-unsaturated/α-hetero) is 1. The lowest BCUT2D eigenvalue weighted by Crippen LogP contribution is -2.23. The first-order chi connectivity index (χ1) is 9.65. The lowest BCUT2D eigenvalue weighted by molar-refractivity contribution is -0.121. The van der Waals surface area contributed by atoms with E-state index in [0.29, 0.717) is 10.4 Å². The normalized spacial score (nSPS) is 10.2. The van der Waals surface area contributed by atoms with Gasteiger partial charge in [0.2, 0.25) is 5.91 Å². The van der Waals surface area contributed by atoms with Gasteiger partial charge in [0.25, 0.3) is 0 Å². The van der Waals surface area contributed by atoms with E-state index in [-0.39, 0.29) is 36.9 Å². The number of halogens is 1. The summed E-state index contributed by atoms with van der Waals surface area (Å²) in [6.45, 7) is 0.268. The fourth-order valence-corrected chi connectivity index (χ4v) is 2.42. The molecule has 0 saturated heterocycles. The lowest BCUT2D eigenvalue weighted by Gasteiger charge is -2.05. The van der Waals surface area contributed by atoms with Crippen LogP contribution in [0.5, 0.6) is 0 Å². The van der Waals surface area contributed by atoms with Crippen LogP contribution in [0, 0.1) is 5.82 Å². The van der Waals surface area contributed by atoms with Crippen LogP contribution in [0.1, 0.15) is 28.1 Å². The molecule has 1 aromatic heterocycles. The van der Waals surface area contributed by atoms with Gasteiger partial charge in [-0.25, -0.2) is 4.39 Å². The van der Waals surface area contributed by atoms with E-state index in [2.05, 4.69) is 5.32 Å². The maximum absolute atomic E-state index is 12.9. The molecular formula is C15H14FNO2S. The lowest BCUT2D eigenvalue weighted by atomic mass is 10.2. The van der Waals surface area contributed by atoms with E-state index < -0.39 is 0 Å². The van der Waals surface area contributed by atoms with Gasteiger partial charge in [0.15, 0.2) is 5.78 Å². The van der Waals surface area contributed by atoms with Crippen molar-refractivity contribution >= 4 is 23.0 Å². The summed E-state index contributed by atoms with van der Waals surface area (Å²) in [6, 6.07) is 9.61. The first kappa shape index (κ1) is 14.4. The molecule has 3 nitrogen and oxygen atoms in total. The number of nitrogens with one attached hydrogen (secondary N) is 1. The van der Waals surface area contributed by atoms with Gasteiger partial charge in [0.1, 0.15) is 5.82 Å². The number of hydrogen-bond acceptors (Lipinski definition) is 3.